The van der Waals surface area contributed by atoms with E-state index in [1.54, 1.807) is 0 Å². The summed E-state index contributed by atoms with van der Waals surface area (Å²) in [4.78, 5) is 0.0735. The smallest absolute Gasteiger partial charge is 0.423 e. The van der Waals surface area contributed by atoms with Crippen LogP contribution in [0.25, 0.3) is 0 Å². The highest BCUT2D eigenvalue weighted by Gasteiger charge is 2.14. The van der Waals surface area contributed by atoms with E-state index in [4.69, 9.17) is 15.8 Å². The molecule has 0 saturated carbocycles. The largest absolute Gasteiger partial charge is 0.488 e. The third-order valence-electron chi connectivity index (χ3n) is 1.76. The normalized spacial score (nSPS) is 11.4. The second-order valence-electron chi connectivity index (χ2n) is 2.72. The van der Waals surface area contributed by atoms with E-state index < -0.39 is 22.8 Å². The Hall–Kier alpha value is -0.885. The van der Waals surface area contributed by atoms with Crippen LogP contribution in [0.2, 0.25) is 0 Å². The molecule has 14 heavy (non-hydrogen) atoms. The Bertz CT molecular complexity index is 400. The van der Waals surface area contributed by atoms with E-state index in [-0.39, 0.29) is 10.4 Å². The predicted molar refractivity (Wildman–Crippen MR) is 52.5 cm³/mol. The first kappa shape index (κ1) is 11.2. The van der Waals surface area contributed by atoms with Gasteiger partial charge in [0.05, 0.1) is 4.90 Å². The molecule has 0 aromatic heterocycles. The number of hydrogen-bond donors (Lipinski definition) is 3. The lowest BCUT2D eigenvalue weighted by atomic mass is 9.81. The maximum absolute atomic E-state index is 11.2. The standard InChI is InChI=1S/C7H10BNO4S/c9-5-14(12,13)7-3-1-6(2-4-7)8(10)11/h1-4,10-11H,5,9H2. The van der Waals surface area contributed by atoms with E-state index in [1.165, 1.54) is 24.3 Å². The topological polar surface area (TPSA) is 101 Å². The monoisotopic (exact) mass is 215 g/mol. The van der Waals surface area contributed by atoms with Gasteiger partial charge in [0.25, 0.3) is 0 Å². The molecule has 0 heterocycles. The van der Waals surface area contributed by atoms with Crippen molar-refractivity contribution in [1.82, 2.24) is 0 Å². The van der Waals surface area contributed by atoms with Gasteiger partial charge in [0.2, 0.25) is 0 Å². The molecule has 0 aliphatic rings. The molecule has 0 spiro atoms. The number of sulfone groups is 1. The van der Waals surface area contributed by atoms with E-state index in [2.05, 4.69) is 0 Å². The summed E-state index contributed by atoms with van der Waals surface area (Å²) in [7, 11) is -5.02. The highest BCUT2D eigenvalue weighted by Crippen LogP contribution is 2.07. The molecule has 0 unspecified atom stereocenters. The minimum atomic E-state index is -3.43. The van der Waals surface area contributed by atoms with Crippen molar-refractivity contribution < 1.29 is 18.5 Å². The molecule has 0 radical (unpaired) electrons. The van der Waals surface area contributed by atoms with Gasteiger partial charge in [0.15, 0.2) is 9.84 Å². The van der Waals surface area contributed by atoms with E-state index in [1.807, 2.05) is 0 Å². The summed E-state index contributed by atoms with van der Waals surface area (Å²) in [5, 5.41) is 17.5. The van der Waals surface area contributed by atoms with E-state index >= 15 is 0 Å². The number of nitrogens with two attached hydrogens (primary N) is 1. The van der Waals surface area contributed by atoms with Crippen molar-refractivity contribution in [1.29, 1.82) is 0 Å². The number of hydrogen-bond acceptors (Lipinski definition) is 5. The van der Waals surface area contributed by atoms with Gasteiger partial charge in [-0.1, -0.05) is 12.1 Å². The Morgan fingerprint density at radius 2 is 1.71 bits per heavy atom. The van der Waals surface area contributed by atoms with Crippen LogP contribution >= 0.6 is 0 Å². The molecule has 1 aromatic rings. The third kappa shape index (κ3) is 2.33. The van der Waals surface area contributed by atoms with Gasteiger partial charge in [-0.05, 0) is 17.6 Å². The van der Waals surface area contributed by atoms with Gasteiger partial charge in [0, 0.05) is 0 Å². The summed E-state index contributed by atoms with van der Waals surface area (Å²) in [6, 6.07) is 5.23. The van der Waals surface area contributed by atoms with Crippen LogP contribution in [0.5, 0.6) is 0 Å². The quantitative estimate of drug-likeness (QED) is 0.509. The van der Waals surface area contributed by atoms with Crippen molar-refractivity contribution in [2.24, 2.45) is 5.73 Å². The molecule has 5 nitrogen and oxygen atoms in total. The van der Waals surface area contributed by atoms with Crippen molar-refractivity contribution in [3.8, 4) is 0 Å². The Morgan fingerprint density at radius 1 is 1.21 bits per heavy atom. The first-order valence-corrected chi connectivity index (χ1v) is 5.51. The molecule has 7 heteroatoms. The molecule has 1 rings (SSSR count). The van der Waals surface area contributed by atoms with Crippen molar-refractivity contribution in [3.63, 3.8) is 0 Å². The van der Waals surface area contributed by atoms with Crippen LogP contribution in [0.15, 0.2) is 29.2 Å². The Balaban J connectivity index is 3.06. The van der Waals surface area contributed by atoms with E-state index in [0.717, 1.165) is 0 Å². The highest BCUT2D eigenvalue weighted by molar-refractivity contribution is 7.91. The fourth-order valence-corrected chi connectivity index (χ4v) is 1.69. The van der Waals surface area contributed by atoms with Gasteiger partial charge in [-0.3, -0.25) is 0 Å². The van der Waals surface area contributed by atoms with Gasteiger partial charge >= 0.3 is 7.12 Å². The lowest BCUT2D eigenvalue weighted by Gasteiger charge is -2.02. The maximum Gasteiger partial charge on any atom is 0.488 e. The lowest BCUT2D eigenvalue weighted by Crippen LogP contribution is -2.29. The van der Waals surface area contributed by atoms with Crippen molar-refractivity contribution >= 4 is 22.4 Å². The van der Waals surface area contributed by atoms with Crippen LogP contribution in [-0.2, 0) is 9.84 Å². The van der Waals surface area contributed by atoms with Gasteiger partial charge in [-0.2, -0.15) is 0 Å². The molecule has 0 atom stereocenters. The Morgan fingerprint density at radius 3 is 2.07 bits per heavy atom. The molecule has 4 N–H and O–H groups in total. The minimum absolute atomic E-state index is 0.0735. The lowest BCUT2D eigenvalue weighted by molar-refractivity contribution is 0.425. The van der Waals surface area contributed by atoms with Crippen molar-refractivity contribution in [2.45, 2.75) is 4.90 Å². The molecule has 1 aromatic carbocycles. The second kappa shape index (κ2) is 4.10. The van der Waals surface area contributed by atoms with Crippen LogP contribution < -0.4 is 11.2 Å². The molecule has 0 bridgehead atoms. The third-order valence-corrected chi connectivity index (χ3v) is 3.19. The molecule has 0 aliphatic carbocycles. The first-order valence-electron chi connectivity index (χ1n) is 3.86. The SMILES string of the molecule is NCS(=O)(=O)c1ccc(B(O)O)cc1. The average Bonchev–Trinajstić information content (AvgIpc) is 2.18. The van der Waals surface area contributed by atoms with Crippen LogP contribution in [-0.4, -0.2) is 31.5 Å². The highest BCUT2D eigenvalue weighted by atomic mass is 32.2. The van der Waals surface area contributed by atoms with E-state index in [9.17, 15) is 8.42 Å². The van der Waals surface area contributed by atoms with Crippen LogP contribution in [0.1, 0.15) is 0 Å². The fraction of sp³-hybridized carbons (Fsp3) is 0.143. The molecule has 0 amide bonds. The molecule has 0 fully saturated rings. The number of rotatable bonds is 3. The maximum atomic E-state index is 11.2. The zero-order chi connectivity index (χ0) is 10.8. The Labute approximate surface area is 82.2 Å². The fourth-order valence-electron chi connectivity index (χ4n) is 0.944. The summed E-state index contributed by atoms with van der Waals surface area (Å²) in [5.41, 5.74) is 5.29. The summed E-state index contributed by atoms with van der Waals surface area (Å²) >= 11 is 0. The van der Waals surface area contributed by atoms with E-state index in [0.29, 0.717) is 0 Å². The van der Waals surface area contributed by atoms with Crippen LogP contribution in [0, 0.1) is 0 Å². The predicted octanol–water partition coefficient (Wildman–Crippen LogP) is -1.94. The van der Waals surface area contributed by atoms with Gasteiger partial charge in [0.1, 0.15) is 5.88 Å². The zero-order valence-electron chi connectivity index (χ0n) is 7.29. The van der Waals surface area contributed by atoms with Crippen molar-refractivity contribution in [3.05, 3.63) is 24.3 Å². The molecular weight excluding hydrogens is 205 g/mol. The minimum Gasteiger partial charge on any atom is -0.423 e. The second-order valence-corrected chi connectivity index (χ2v) is 4.76. The van der Waals surface area contributed by atoms with Gasteiger partial charge < -0.3 is 15.8 Å². The van der Waals surface area contributed by atoms with Crippen molar-refractivity contribution in [2.75, 3.05) is 5.88 Å². The van der Waals surface area contributed by atoms with Gasteiger partial charge in [-0.15, -0.1) is 0 Å². The van der Waals surface area contributed by atoms with Crippen LogP contribution in [0.3, 0.4) is 0 Å². The first-order chi connectivity index (χ1) is 6.47. The van der Waals surface area contributed by atoms with Gasteiger partial charge in [-0.25, -0.2) is 8.42 Å². The number of benzene rings is 1. The Kier molecular flexibility index (Phi) is 3.27. The summed E-state index contributed by atoms with van der Waals surface area (Å²) < 4.78 is 22.5. The zero-order valence-corrected chi connectivity index (χ0v) is 8.11. The van der Waals surface area contributed by atoms with Crippen LogP contribution in [0.4, 0.5) is 0 Å². The molecule has 76 valence electrons. The molecular formula is C7H10BNO4S. The molecule has 0 saturated heterocycles. The summed E-state index contributed by atoms with van der Waals surface area (Å²) in [6.07, 6.45) is 0. The average molecular weight is 215 g/mol. The molecule has 0 aliphatic heterocycles. The summed E-state index contributed by atoms with van der Waals surface area (Å²) in [5.74, 6) is -0.464. The summed E-state index contributed by atoms with van der Waals surface area (Å²) in [6.45, 7) is 0.